The molecule has 2 heterocycles. The quantitative estimate of drug-likeness (QED) is 0.193. The minimum absolute atomic E-state index is 0.185. The highest BCUT2D eigenvalue weighted by Gasteiger charge is 2.36. The zero-order chi connectivity index (χ0) is 31.2. The Bertz CT molecular complexity index is 1880. The predicted octanol–water partition coefficient (Wildman–Crippen LogP) is 5.83. The Kier molecular flexibility index (Phi) is 9.87. The Hall–Kier alpha value is -4.34. The normalized spacial score (nSPS) is 14.6. The number of thiazole rings is 1. The summed E-state index contributed by atoms with van der Waals surface area (Å²) >= 11 is 7.26. The highest BCUT2D eigenvalue weighted by atomic mass is 35.5. The highest BCUT2D eigenvalue weighted by molar-refractivity contribution is 7.07. The lowest BCUT2D eigenvalue weighted by Crippen LogP contribution is -2.40. The number of rotatable bonds is 11. The molecule has 0 radical (unpaired) electrons. The Morgan fingerprint density at radius 3 is 2.52 bits per heavy atom. The molecule has 1 atom stereocenters. The third-order valence-corrected chi connectivity index (χ3v) is 8.33. The second kappa shape index (κ2) is 14.0. The standard InChI is InChI=1S/C34H33ClN2O6S/c1-5-8-27-30(33(39)42-6-2)31(26-19-24(40-3)15-16-28(26)41-4)37-32(38)29(44-34(37)36-27)18-22-9-7-10-25(17-22)43-20-21-11-13-23(35)14-12-21/h7,9-19,31H,5-6,8,20H2,1-4H3/b29-18+/t31-/m0/s1. The first-order chi connectivity index (χ1) is 21.4. The zero-order valence-electron chi connectivity index (χ0n) is 25.0. The van der Waals surface area contributed by atoms with E-state index in [1.54, 1.807) is 43.9 Å². The number of hydrogen-bond donors (Lipinski definition) is 0. The summed E-state index contributed by atoms with van der Waals surface area (Å²) in [6.07, 6.45) is 3.10. The minimum Gasteiger partial charge on any atom is -0.497 e. The van der Waals surface area contributed by atoms with Crippen LogP contribution in [-0.4, -0.2) is 31.4 Å². The molecule has 44 heavy (non-hydrogen) atoms. The van der Waals surface area contributed by atoms with Crippen LogP contribution in [0.2, 0.25) is 5.02 Å². The summed E-state index contributed by atoms with van der Waals surface area (Å²) in [4.78, 5) is 33.0. The molecule has 10 heteroatoms. The van der Waals surface area contributed by atoms with E-state index < -0.39 is 12.0 Å². The van der Waals surface area contributed by atoms with E-state index in [4.69, 9.17) is 35.5 Å². The average molecular weight is 633 g/mol. The molecule has 1 aromatic heterocycles. The van der Waals surface area contributed by atoms with Gasteiger partial charge in [0, 0.05) is 10.6 Å². The molecule has 1 aliphatic heterocycles. The van der Waals surface area contributed by atoms with Crippen LogP contribution < -0.4 is 29.1 Å². The average Bonchev–Trinajstić information content (AvgIpc) is 3.34. The van der Waals surface area contributed by atoms with Crippen LogP contribution in [0.25, 0.3) is 6.08 Å². The predicted molar refractivity (Wildman–Crippen MR) is 171 cm³/mol. The molecule has 4 aromatic rings. The molecule has 1 aliphatic rings. The van der Waals surface area contributed by atoms with E-state index in [1.807, 2.05) is 61.5 Å². The van der Waals surface area contributed by atoms with Crippen LogP contribution in [0.3, 0.4) is 0 Å². The van der Waals surface area contributed by atoms with Crippen LogP contribution in [0, 0.1) is 0 Å². The van der Waals surface area contributed by atoms with Crippen molar-refractivity contribution in [2.45, 2.75) is 39.3 Å². The van der Waals surface area contributed by atoms with Crippen LogP contribution in [0.4, 0.5) is 0 Å². The van der Waals surface area contributed by atoms with Gasteiger partial charge < -0.3 is 18.9 Å². The summed E-state index contributed by atoms with van der Waals surface area (Å²) in [6.45, 7) is 4.33. The van der Waals surface area contributed by atoms with Crippen LogP contribution in [0.5, 0.6) is 17.2 Å². The van der Waals surface area contributed by atoms with Crippen molar-refractivity contribution in [3.63, 3.8) is 0 Å². The molecular formula is C34H33ClN2O6S. The van der Waals surface area contributed by atoms with Gasteiger partial charge in [0.05, 0.1) is 36.6 Å². The number of esters is 1. The molecule has 0 spiro atoms. The summed E-state index contributed by atoms with van der Waals surface area (Å²) in [7, 11) is 3.12. The van der Waals surface area contributed by atoms with Gasteiger partial charge in [-0.2, -0.15) is 0 Å². The first-order valence-corrected chi connectivity index (χ1v) is 15.5. The van der Waals surface area contributed by atoms with Gasteiger partial charge in [-0.15, -0.1) is 0 Å². The highest BCUT2D eigenvalue weighted by Crippen LogP contribution is 2.38. The molecule has 228 valence electrons. The van der Waals surface area contributed by atoms with Crippen LogP contribution >= 0.6 is 22.9 Å². The number of carbonyl (C=O) groups is 1. The van der Waals surface area contributed by atoms with Gasteiger partial charge in [-0.1, -0.05) is 60.5 Å². The molecule has 0 amide bonds. The molecule has 0 unspecified atom stereocenters. The van der Waals surface area contributed by atoms with E-state index in [0.717, 1.165) is 17.5 Å². The number of hydrogen-bond acceptors (Lipinski definition) is 8. The van der Waals surface area contributed by atoms with Gasteiger partial charge in [0.2, 0.25) is 0 Å². The molecule has 0 aliphatic carbocycles. The van der Waals surface area contributed by atoms with Crippen molar-refractivity contribution in [3.05, 3.63) is 119 Å². The van der Waals surface area contributed by atoms with Gasteiger partial charge in [0.15, 0.2) is 4.80 Å². The summed E-state index contributed by atoms with van der Waals surface area (Å²) in [6, 6.07) is 19.5. The Morgan fingerprint density at radius 1 is 1.02 bits per heavy atom. The third-order valence-electron chi connectivity index (χ3n) is 7.10. The van der Waals surface area contributed by atoms with E-state index >= 15 is 0 Å². The molecule has 0 N–H and O–H groups in total. The summed E-state index contributed by atoms with van der Waals surface area (Å²) < 4.78 is 24.7. The lowest BCUT2D eigenvalue weighted by atomic mass is 9.93. The van der Waals surface area contributed by atoms with Gasteiger partial charge in [-0.3, -0.25) is 9.36 Å². The molecule has 8 nitrogen and oxygen atoms in total. The van der Waals surface area contributed by atoms with Gasteiger partial charge >= 0.3 is 5.97 Å². The molecular weight excluding hydrogens is 600 g/mol. The van der Waals surface area contributed by atoms with Crippen LogP contribution in [0.1, 0.15) is 49.4 Å². The maximum Gasteiger partial charge on any atom is 0.338 e. The van der Waals surface area contributed by atoms with E-state index in [0.29, 0.717) is 61.5 Å². The third kappa shape index (κ3) is 6.59. The van der Waals surface area contributed by atoms with E-state index in [-0.39, 0.29) is 12.2 Å². The fraction of sp³-hybridized carbons (Fsp3) is 0.265. The molecule has 5 rings (SSSR count). The van der Waals surface area contributed by atoms with Crippen molar-refractivity contribution in [1.29, 1.82) is 0 Å². The van der Waals surface area contributed by atoms with Gasteiger partial charge in [0.1, 0.15) is 29.9 Å². The fourth-order valence-corrected chi connectivity index (χ4v) is 6.21. The Morgan fingerprint density at radius 2 is 1.82 bits per heavy atom. The molecule has 0 bridgehead atoms. The second-order valence-corrected chi connectivity index (χ2v) is 11.5. The summed E-state index contributed by atoms with van der Waals surface area (Å²) in [5.74, 6) is 1.22. The lowest BCUT2D eigenvalue weighted by Gasteiger charge is -2.27. The number of allylic oxidation sites excluding steroid dienone is 1. The number of nitrogens with zero attached hydrogens (tertiary/aromatic N) is 2. The molecule has 0 saturated carbocycles. The minimum atomic E-state index is -0.826. The van der Waals surface area contributed by atoms with Crippen molar-refractivity contribution in [2.24, 2.45) is 4.99 Å². The summed E-state index contributed by atoms with van der Waals surface area (Å²) in [5, 5.41) is 0.667. The van der Waals surface area contributed by atoms with Crippen molar-refractivity contribution in [1.82, 2.24) is 4.57 Å². The smallest absolute Gasteiger partial charge is 0.338 e. The van der Waals surface area contributed by atoms with Gasteiger partial charge in [-0.05, 0) is 73.0 Å². The molecule has 0 fully saturated rings. The van der Waals surface area contributed by atoms with Gasteiger partial charge in [-0.25, -0.2) is 9.79 Å². The van der Waals surface area contributed by atoms with Crippen LogP contribution in [0.15, 0.2) is 87.8 Å². The monoisotopic (exact) mass is 632 g/mol. The van der Waals surface area contributed by atoms with Crippen molar-refractivity contribution in [2.75, 3.05) is 20.8 Å². The number of aromatic nitrogens is 1. The fourth-order valence-electron chi connectivity index (χ4n) is 5.06. The maximum absolute atomic E-state index is 14.2. The maximum atomic E-state index is 14.2. The van der Waals surface area contributed by atoms with Crippen molar-refractivity contribution < 1.29 is 23.7 Å². The number of halogens is 1. The first-order valence-electron chi connectivity index (χ1n) is 14.3. The Balaban J connectivity index is 1.63. The topological polar surface area (TPSA) is 88.4 Å². The largest absolute Gasteiger partial charge is 0.497 e. The SMILES string of the molecule is CCCC1=C(C(=O)OCC)[C@H](c2cc(OC)ccc2OC)n2c(s/c(=C/c3cccc(OCc4ccc(Cl)cc4)c3)c2=O)=N1. The van der Waals surface area contributed by atoms with Gasteiger partial charge in [0.25, 0.3) is 5.56 Å². The zero-order valence-corrected chi connectivity index (χ0v) is 26.5. The number of benzene rings is 3. The van der Waals surface area contributed by atoms with E-state index in [1.165, 1.54) is 11.3 Å². The van der Waals surface area contributed by atoms with E-state index in [9.17, 15) is 9.59 Å². The van der Waals surface area contributed by atoms with Crippen molar-refractivity contribution in [3.8, 4) is 17.2 Å². The molecule has 3 aromatic carbocycles. The summed E-state index contributed by atoms with van der Waals surface area (Å²) in [5.41, 5.74) is 3.00. The van der Waals surface area contributed by atoms with E-state index in [2.05, 4.69) is 0 Å². The lowest BCUT2D eigenvalue weighted by molar-refractivity contribution is -0.139. The number of carbonyl (C=O) groups excluding carboxylic acids is 1. The van der Waals surface area contributed by atoms with Crippen LogP contribution in [-0.2, 0) is 16.1 Å². The number of methoxy groups -OCH3 is 2. The van der Waals surface area contributed by atoms with Crippen molar-refractivity contribution >= 4 is 35.0 Å². The second-order valence-electron chi connectivity index (χ2n) is 10.0. The first kappa shape index (κ1) is 31.1. The molecule has 0 saturated heterocycles. The Labute approximate surface area is 264 Å². The number of ether oxygens (including phenoxy) is 4. The number of fused-ring (bicyclic) bond motifs is 1.